The van der Waals surface area contributed by atoms with E-state index in [4.69, 9.17) is 0 Å². The molecule has 26 heavy (non-hydrogen) atoms. The number of sulfone groups is 1. The predicted octanol–water partition coefficient (Wildman–Crippen LogP) is 3.80. The van der Waals surface area contributed by atoms with Gasteiger partial charge in [0.05, 0.1) is 4.90 Å². The lowest BCUT2D eigenvalue weighted by Gasteiger charge is -2.19. The largest absolute Gasteiger partial charge is 0.506 e. The zero-order valence-corrected chi connectivity index (χ0v) is 16.6. The number of ketones is 2. The average molecular weight is 376 g/mol. The number of benzene rings is 1. The van der Waals surface area contributed by atoms with Crippen molar-refractivity contribution in [3.05, 3.63) is 40.0 Å². The fraction of sp³-hybridized carbons (Fsp3) is 0.400. The summed E-state index contributed by atoms with van der Waals surface area (Å²) >= 11 is 0. The molecule has 0 atom stereocenters. The molecule has 6 heteroatoms. The first-order chi connectivity index (χ1) is 12.0. The molecule has 0 aliphatic heterocycles. The molecule has 0 heterocycles. The van der Waals surface area contributed by atoms with Crippen molar-refractivity contribution in [2.45, 2.75) is 51.9 Å². The minimum Gasteiger partial charge on any atom is -0.506 e. The van der Waals surface area contributed by atoms with Crippen LogP contribution >= 0.6 is 0 Å². The second-order valence-electron chi connectivity index (χ2n) is 6.93. The summed E-state index contributed by atoms with van der Waals surface area (Å²) < 4.78 is 24.4. The van der Waals surface area contributed by atoms with Crippen molar-refractivity contribution in [2.24, 2.45) is 0 Å². The SMILES string of the molecule is CC(C)=C(C)c1c(S(C)(=O)=O)ccc(C(O)=C2C(=O)CCCC2=O)c1C. The Hall–Kier alpha value is -2.21. The van der Waals surface area contributed by atoms with Gasteiger partial charge < -0.3 is 5.11 Å². The Morgan fingerprint density at radius 1 is 1.04 bits per heavy atom. The van der Waals surface area contributed by atoms with Gasteiger partial charge >= 0.3 is 0 Å². The topological polar surface area (TPSA) is 88.5 Å². The monoisotopic (exact) mass is 376 g/mol. The zero-order chi connectivity index (χ0) is 19.8. The lowest BCUT2D eigenvalue weighted by Crippen LogP contribution is -2.21. The van der Waals surface area contributed by atoms with Crippen LogP contribution in [-0.2, 0) is 19.4 Å². The Morgan fingerprint density at radius 3 is 2.04 bits per heavy atom. The Balaban J connectivity index is 2.85. The van der Waals surface area contributed by atoms with Gasteiger partial charge in [0.25, 0.3) is 0 Å². The van der Waals surface area contributed by atoms with Crippen LogP contribution in [0.3, 0.4) is 0 Å². The first-order valence-electron chi connectivity index (χ1n) is 8.45. The van der Waals surface area contributed by atoms with Crippen LogP contribution in [0.4, 0.5) is 0 Å². The van der Waals surface area contributed by atoms with E-state index < -0.39 is 9.84 Å². The molecule has 0 spiro atoms. The number of carbonyl (C=O) groups excluding carboxylic acids is 2. The van der Waals surface area contributed by atoms with Crippen molar-refractivity contribution in [2.75, 3.05) is 6.26 Å². The van der Waals surface area contributed by atoms with Gasteiger partial charge in [0, 0.05) is 24.7 Å². The highest BCUT2D eigenvalue weighted by Gasteiger charge is 2.29. The second kappa shape index (κ2) is 7.19. The van der Waals surface area contributed by atoms with Gasteiger partial charge in [0.2, 0.25) is 0 Å². The molecule has 1 fully saturated rings. The molecule has 0 radical (unpaired) electrons. The summed E-state index contributed by atoms with van der Waals surface area (Å²) in [6.45, 7) is 7.26. The normalized spacial score (nSPS) is 15.2. The van der Waals surface area contributed by atoms with Crippen LogP contribution in [0, 0.1) is 6.92 Å². The van der Waals surface area contributed by atoms with Gasteiger partial charge in [0.1, 0.15) is 11.3 Å². The molecule has 2 rings (SSSR count). The lowest BCUT2D eigenvalue weighted by atomic mass is 9.87. The fourth-order valence-electron chi connectivity index (χ4n) is 3.18. The van der Waals surface area contributed by atoms with E-state index >= 15 is 0 Å². The van der Waals surface area contributed by atoms with Gasteiger partial charge in [-0.2, -0.15) is 0 Å². The Morgan fingerprint density at radius 2 is 1.58 bits per heavy atom. The average Bonchev–Trinajstić information content (AvgIpc) is 2.52. The number of rotatable bonds is 3. The molecule has 1 aliphatic rings. The van der Waals surface area contributed by atoms with Crippen molar-refractivity contribution < 1.29 is 23.1 Å². The molecular weight excluding hydrogens is 352 g/mol. The summed E-state index contributed by atoms with van der Waals surface area (Å²) in [6, 6.07) is 2.89. The highest BCUT2D eigenvalue weighted by Crippen LogP contribution is 2.34. The molecule has 0 bridgehead atoms. The number of Topliss-reactive ketones (excluding diaryl/α,β-unsaturated/α-hetero) is 2. The van der Waals surface area contributed by atoms with Crippen LogP contribution in [0.5, 0.6) is 0 Å². The van der Waals surface area contributed by atoms with Gasteiger partial charge in [-0.3, -0.25) is 9.59 Å². The van der Waals surface area contributed by atoms with E-state index in [2.05, 4.69) is 0 Å². The van der Waals surface area contributed by atoms with Crippen LogP contribution in [0.1, 0.15) is 56.7 Å². The molecule has 0 amide bonds. The van der Waals surface area contributed by atoms with Crippen LogP contribution in [0.25, 0.3) is 11.3 Å². The summed E-state index contributed by atoms with van der Waals surface area (Å²) in [4.78, 5) is 24.4. The maximum Gasteiger partial charge on any atom is 0.176 e. The van der Waals surface area contributed by atoms with E-state index in [9.17, 15) is 23.1 Å². The third-order valence-electron chi connectivity index (χ3n) is 4.81. The quantitative estimate of drug-likeness (QED) is 0.492. The Labute approximate surface area is 154 Å². The number of allylic oxidation sites excluding steroid dienone is 3. The Bertz CT molecular complexity index is 940. The van der Waals surface area contributed by atoms with E-state index in [1.165, 1.54) is 12.1 Å². The molecule has 0 saturated heterocycles. The molecular formula is C20H24O5S. The van der Waals surface area contributed by atoms with E-state index in [0.29, 0.717) is 23.1 Å². The van der Waals surface area contributed by atoms with Crippen LogP contribution in [0.15, 0.2) is 28.2 Å². The third kappa shape index (κ3) is 3.65. The summed E-state index contributed by atoms with van der Waals surface area (Å²) in [6.07, 6.45) is 2.08. The zero-order valence-electron chi connectivity index (χ0n) is 15.8. The van der Waals surface area contributed by atoms with Gasteiger partial charge in [-0.05, 0) is 62.9 Å². The van der Waals surface area contributed by atoms with E-state index in [1.807, 2.05) is 20.8 Å². The molecule has 1 aliphatic carbocycles. The maximum absolute atomic E-state index is 12.2. The third-order valence-corrected chi connectivity index (χ3v) is 5.95. The summed E-state index contributed by atoms with van der Waals surface area (Å²) in [5.41, 5.74) is 2.89. The molecule has 5 nitrogen and oxygen atoms in total. The van der Waals surface area contributed by atoms with Crippen molar-refractivity contribution in [3.8, 4) is 0 Å². The van der Waals surface area contributed by atoms with Crippen molar-refractivity contribution >= 4 is 32.7 Å². The van der Waals surface area contributed by atoms with Gasteiger partial charge in [-0.25, -0.2) is 8.42 Å². The molecule has 1 saturated carbocycles. The van der Waals surface area contributed by atoms with E-state index in [0.717, 1.165) is 17.4 Å². The summed E-state index contributed by atoms with van der Waals surface area (Å²) in [5.74, 6) is -1.10. The molecule has 0 unspecified atom stereocenters. The smallest absolute Gasteiger partial charge is 0.176 e. The van der Waals surface area contributed by atoms with Crippen LogP contribution in [-0.4, -0.2) is 31.3 Å². The molecule has 1 aromatic carbocycles. The minimum atomic E-state index is -3.49. The molecule has 1 aromatic rings. The van der Waals surface area contributed by atoms with Crippen molar-refractivity contribution in [1.29, 1.82) is 0 Å². The van der Waals surface area contributed by atoms with Gasteiger partial charge in [-0.15, -0.1) is 0 Å². The van der Waals surface area contributed by atoms with Gasteiger partial charge in [-0.1, -0.05) is 5.57 Å². The van der Waals surface area contributed by atoms with Crippen LogP contribution < -0.4 is 0 Å². The van der Waals surface area contributed by atoms with Crippen molar-refractivity contribution in [3.63, 3.8) is 0 Å². The highest BCUT2D eigenvalue weighted by molar-refractivity contribution is 7.90. The first kappa shape index (κ1) is 20.1. The predicted molar refractivity (Wildman–Crippen MR) is 102 cm³/mol. The molecule has 1 N–H and O–H groups in total. The molecule has 0 aromatic heterocycles. The summed E-state index contributed by atoms with van der Waals surface area (Å²) in [7, 11) is -3.49. The molecule has 140 valence electrons. The highest BCUT2D eigenvalue weighted by atomic mass is 32.2. The number of aliphatic hydroxyl groups is 1. The second-order valence-corrected chi connectivity index (χ2v) is 8.92. The number of aliphatic hydroxyl groups excluding tert-OH is 1. The number of hydrogen-bond donors (Lipinski definition) is 1. The lowest BCUT2D eigenvalue weighted by molar-refractivity contribution is -0.123. The first-order valence-corrected chi connectivity index (χ1v) is 10.3. The minimum absolute atomic E-state index is 0.163. The number of carbonyl (C=O) groups is 2. The van der Waals surface area contributed by atoms with E-state index in [-0.39, 0.29) is 40.6 Å². The Kier molecular flexibility index (Phi) is 5.56. The van der Waals surface area contributed by atoms with Crippen LogP contribution in [0.2, 0.25) is 0 Å². The fourth-order valence-corrected chi connectivity index (χ4v) is 4.17. The van der Waals surface area contributed by atoms with Gasteiger partial charge in [0.15, 0.2) is 21.4 Å². The number of hydrogen-bond acceptors (Lipinski definition) is 5. The standard InChI is InChI=1S/C20H24O5S/c1-11(2)12(3)18-13(4)14(9-10-17(18)26(5,24)25)20(23)19-15(21)7-6-8-16(19)22/h9-10,23H,6-8H2,1-5H3. The summed E-state index contributed by atoms with van der Waals surface area (Å²) in [5, 5.41) is 10.7. The van der Waals surface area contributed by atoms with E-state index in [1.54, 1.807) is 6.92 Å². The van der Waals surface area contributed by atoms with Crippen molar-refractivity contribution in [1.82, 2.24) is 0 Å². The maximum atomic E-state index is 12.2.